The fourth-order valence-electron chi connectivity index (χ4n) is 1.74. The summed E-state index contributed by atoms with van der Waals surface area (Å²) in [7, 11) is 0. The molecule has 1 heterocycles. The Labute approximate surface area is 107 Å². The zero-order valence-corrected chi connectivity index (χ0v) is 11.3. The molecule has 2 N–H and O–H groups in total. The molecule has 1 aromatic heterocycles. The molecule has 0 unspecified atom stereocenters. The first-order valence-corrected chi connectivity index (χ1v) is 6.04. The van der Waals surface area contributed by atoms with Gasteiger partial charge in [-0.2, -0.15) is 4.98 Å². The van der Waals surface area contributed by atoms with Crippen molar-refractivity contribution in [2.24, 2.45) is 5.73 Å². The summed E-state index contributed by atoms with van der Waals surface area (Å²) in [6.07, 6.45) is 0.649. The molecule has 0 fully saturated rings. The summed E-state index contributed by atoms with van der Waals surface area (Å²) in [5.74, 6) is 1.15. The van der Waals surface area contributed by atoms with Crippen molar-refractivity contribution in [3.8, 4) is 0 Å². The zero-order valence-electron chi connectivity index (χ0n) is 11.3. The van der Waals surface area contributed by atoms with Crippen LogP contribution < -0.4 is 5.73 Å². The van der Waals surface area contributed by atoms with Crippen molar-refractivity contribution in [3.63, 3.8) is 0 Å². The van der Waals surface area contributed by atoms with E-state index in [2.05, 4.69) is 42.2 Å². The molecule has 0 aliphatic rings. The van der Waals surface area contributed by atoms with E-state index in [1.807, 2.05) is 13.8 Å². The second-order valence-corrected chi connectivity index (χ2v) is 5.34. The van der Waals surface area contributed by atoms with Gasteiger partial charge in [0.15, 0.2) is 5.82 Å². The standard InChI is InChI=1S/C14H19N3O/c1-9-5-6-10(2)11(7-9)8-12-16-13(17-18-12)14(3,4)15/h5-7H,8,15H2,1-4H3. The number of aryl methyl sites for hydroxylation is 2. The first kappa shape index (κ1) is 12.8. The van der Waals surface area contributed by atoms with Crippen molar-refractivity contribution in [1.29, 1.82) is 0 Å². The van der Waals surface area contributed by atoms with Crippen LogP contribution in [0.2, 0.25) is 0 Å². The van der Waals surface area contributed by atoms with Crippen LogP contribution in [0.1, 0.15) is 42.3 Å². The molecule has 2 aromatic rings. The lowest BCUT2D eigenvalue weighted by Gasteiger charge is -2.11. The average molecular weight is 245 g/mol. The summed E-state index contributed by atoms with van der Waals surface area (Å²) in [5.41, 5.74) is 9.03. The van der Waals surface area contributed by atoms with Crippen LogP contribution in [0.15, 0.2) is 22.7 Å². The molecule has 0 spiro atoms. The van der Waals surface area contributed by atoms with Crippen LogP contribution in [0.5, 0.6) is 0 Å². The number of nitrogens with two attached hydrogens (primary N) is 1. The molecule has 0 radical (unpaired) electrons. The van der Waals surface area contributed by atoms with E-state index in [-0.39, 0.29) is 0 Å². The SMILES string of the molecule is Cc1ccc(C)c(Cc2nc(C(C)(C)N)no2)c1. The summed E-state index contributed by atoms with van der Waals surface area (Å²) in [6.45, 7) is 7.88. The topological polar surface area (TPSA) is 64.9 Å². The molecule has 0 aliphatic heterocycles. The van der Waals surface area contributed by atoms with Gasteiger partial charge in [0.2, 0.25) is 5.89 Å². The Kier molecular flexibility index (Phi) is 3.22. The van der Waals surface area contributed by atoms with Gasteiger partial charge in [-0.25, -0.2) is 0 Å². The van der Waals surface area contributed by atoms with Crippen LogP contribution in [0, 0.1) is 13.8 Å². The van der Waals surface area contributed by atoms with Crippen molar-refractivity contribution in [3.05, 3.63) is 46.6 Å². The van der Waals surface area contributed by atoms with E-state index < -0.39 is 5.54 Å². The van der Waals surface area contributed by atoms with Gasteiger partial charge in [0, 0.05) is 0 Å². The van der Waals surface area contributed by atoms with Gasteiger partial charge in [-0.1, -0.05) is 28.9 Å². The number of rotatable bonds is 3. The van der Waals surface area contributed by atoms with E-state index in [0.717, 1.165) is 0 Å². The fraction of sp³-hybridized carbons (Fsp3) is 0.429. The lowest BCUT2D eigenvalue weighted by Crippen LogP contribution is -2.30. The van der Waals surface area contributed by atoms with Gasteiger partial charge in [-0.15, -0.1) is 0 Å². The molecule has 18 heavy (non-hydrogen) atoms. The maximum Gasteiger partial charge on any atom is 0.231 e. The smallest absolute Gasteiger partial charge is 0.231 e. The Morgan fingerprint density at radius 1 is 1.28 bits per heavy atom. The molecule has 0 bridgehead atoms. The van der Waals surface area contributed by atoms with Crippen LogP contribution in [-0.4, -0.2) is 10.1 Å². The molecular weight excluding hydrogens is 226 g/mol. The molecule has 1 aromatic carbocycles. The molecule has 0 amide bonds. The third-order valence-electron chi connectivity index (χ3n) is 2.89. The second-order valence-electron chi connectivity index (χ2n) is 5.34. The summed E-state index contributed by atoms with van der Waals surface area (Å²) in [5, 5.41) is 3.92. The molecule has 0 saturated heterocycles. The van der Waals surface area contributed by atoms with E-state index in [1.54, 1.807) is 0 Å². The highest BCUT2D eigenvalue weighted by Gasteiger charge is 2.21. The van der Waals surface area contributed by atoms with Crippen LogP contribution in [0.25, 0.3) is 0 Å². The normalized spacial score (nSPS) is 11.8. The Balaban J connectivity index is 2.24. The second kappa shape index (κ2) is 4.53. The number of hydrogen-bond donors (Lipinski definition) is 1. The van der Waals surface area contributed by atoms with Crippen LogP contribution in [0.4, 0.5) is 0 Å². The van der Waals surface area contributed by atoms with Crippen molar-refractivity contribution >= 4 is 0 Å². The molecule has 0 aliphatic carbocycles. The van der Waals surface area contributed by atoms with Crippen molar-refractivity contribution < 1.29 is 4.52 Å². The molecule has 4 nitrogen and oxygen atoms in total. The maximum atomic E-state index is 5.93. The minimum Gasteiger partial charge on any atom is -0.339 e. The van der Waals surface area contributed by atoms with Gasteiger partial charge in [0.25, 0.3) is 0 Å². The van der Waals surface area contributed by atoms with Crippen LogP contribution in [0.3, 0.4) is 0 Å². The van der Waals surface area contributed by atoms with Gasteiger partial charge in [0.05, 0.1) is 12.0 Å². The van der Waals surface area contributed by atoms with E-state index in [1.165, 1.54) is 16.7 Å². The lowest BCUT2D eigenvalue weighted by molar-refractivity contribution is 0.365. The van der Waals surface area contributed by atoms with Gasteiger partial charge >= 0.3 is 0 Å². The monoisotopic (exact) mass is 245 g/mol. The molecular formula is C14H19N3O. The molecule has 0 saturated carbocycles. The Morgan fingerprint density at radius 3 is 2.61 bits per heavy atom. The lowest BCUT2D eigenvalue weighted by atomic mass is 10.0. The predicted molar refractivity (Wildman–Crippen MR) is 70.2 cm³/mol. The summed E-state index contributed by atoms with van der Waals surface area (Å²) < 4.78 is 5.25. The highest BCUT2D eigenvalue weighted by molar-refractivity contribution is 5.32. The van der Waals surface area contributed by atoms with E-state index in [4.69, 9.17) is 10.3 Å². The van der Waals surface area contributed by atoms with E-state index in [0.29, 0.717) is 18.1 Å². The van der Waals surface area contributed by atoms with E-state index in [9.17, 15) is 0 Å². The van der Waals surface area contributed by atoms with Gasteiger partial charge in [-0.3, -0.25) is 0 Å². The Hall–Kier alpha value is -1.68. The average Bonchev–Trinajstić information content (AvgIpc) is 2.71. The van der Waals surface area contributed by atoms with Gasteiger partial charge in [0.1, 0.15) is 0 Å². The maximum absolute atomic E-state index is 5.93. The summed E-state index contributed by atoms with van der Waals surface area (Å²) in [4.78, 5) is 4.34. The van der Waals surface area contributed by atoms with E-state index >= 15 is 0 Å². The summed E-state index contributed by atoms with van der Waals surface area (Å²) in [6, 6.07) is 6.35. The third kappa shape index (κ3) is 2.76. The minimum atomic E-state index is -0.566. The van der Waals surface area contributed by atoms with Gasteiger partial charge in [-0.05, 0) is 38.8 Å². The number of hydrogen-bond acceptors (Lipinski definition) is 4. The number of aromatic nitrogens is 2. The largest absolute Gasteiger partial charge is 0.339 e. The van der Waals surface area contributed by atoms with Crippen molar-refractivity contribution in [2.75, 3.05) is 0 Å². The first-order chi connectivity index (χ1) is 8.36. The van der Waals surface area contributed by atoms with Crippen molar-refractivity contribution in [1.82, 2.24) is 10.1 Å². The number of benzene rings is 1. The Morgan fingerprint density at radius 2 is 2.00 bits per heavy atom. The quantitative estimate of drug-likeness (QED) is 0.902. The van der Waals surface area contributed by atoms with Crippen LogP contribution in [-0.2, 0) is 12.0 Å². The van der Waals surface area contributed by atoms with Gasteiger partial charge < -0.3 is 10.3 Å². The predicted octanol–water partition coefficient (Wildman–Crippen LogP) is 2.47. The highest BCUT2D eigenvalue weighted by atomic mass is 16.5. The summed E-state index contributed by atoms with van der Waals surface area (Å²) >= 11 is 0. The molecule has 4 heteroatoms. The Bertz CT molecular complexity index is 552. The van der Waals surface area contributed by atoms with Crippen molar-refractivity contribution in [2.45, 2.75) is 39.7 Å². The minimum absolute atomic E-state index is 0.544. The first-order valence-electron chi connectivity index (χ1n) is 6.04. The molecule has 96 valence electrons. The molecule has 2 rings (SSSR count). The number of nitrogens with zero attached hydrogens (tertiary/aromatic N) is 2. The molecule has 0 atom stereocenters. The zero-order chi connectivity index (χ0) is 13.3. The fourth-order valence-corrected chi connectivity index (χ4v) is 1.74. The van der Waals surface area contributed by atoms with Crippen LogP contribution >= 0.6 is 0 Å². The highest BCUT2D eigenvalue weighted by Crippen LogP contribution is 2.17. The third-order valence-corrected chi connectivity index (χ3v) is 2.89.